The van der Waals surface area contributed by atoms with E-state index in [1.165, 1.54) is 0 Å². The molecule has 0 unspecified atom stereocenters. The Labute approximate surface area is 143 Å². The summed E-state index contributed by atoms with van der Waals surface area (Å²) in [6.07, 6.45) is 2.19. The standard InChI is InChI=1S/C17H28N4O3/c1-4-20(7-8-22)17(23)19-10-15-5-6-16(18-9-15)21-11-13(2)24-14(3)12-21/h5-6,9,13-14,22H,4,7-8,10-12H2,1-3H3,(H,19,23)/t13-,14-/m1/s1. The molecular weight excluding hydrogens is 308 g/mol. The molecule has 134 valence electrons. The van der Waals surface area contributed by atoms with Crippen molar-refractivity contribution in [1.82, 2.24) is 15.2 Å². The van der Waals surface area contributed by atoms with Crippen LogP contribution in [0, 0.1) is 0 Å². The number of morpholine rings is 1. The van der Waals surface area contributed by atoms with Crippen LogP contribution in [-0.2, 0) is 11.3 Å². The molecule has 2 heterocycles. The quantitative estimate of drug-likeness (QED) is 0.817. The average molecular weight is 336 g/mol. The van der Waals surface area contributed by atoms with Gasteiger partial charge in [-0.2, -0.15) is 0 Å². The Morgan fingerprint density at radius 1 is 1.42 bits per heavy atom. The number of likely N-dealkylation sites (N-methyl/N-ethyl adjacent to an activating group) is 1. The molecule has 0 spiro atoms. The van der Waals surface area contributed by atoms with Crippen molar-refractivity contribution in [2.75, 3.05) is 37.7 Å². The highest BCUT2D eigenvalue weighted by atomic mass is 16.5. The van der Waals surface area contributed by atoms with Crippen molar-refractivity contribution < 1.29 is 14.6 Å². The predicted molar refractivity (Wildman–Crippen MR) is 93.0 cm³/mol. The van der Waals surface area contributed by atoms with Gasteiger partial charge in [-0.25, -0.2) is 9.78 Å². The SMILES string of the molecule is CCN(CCO)C(=O)NCc1ccc(N2C[C@@H](C)O[C@H](C)C2)nc1. The zero-order valence-electron chi connectivity index (χ0n) is 14.7. The number of aliphatic hydroxyl groups is 1. The molecule has 0 aliphatic carbocycles. The van der Waals surface area contributed by atoms with Crippen LogP contribution >= 0.6 is 0 Å². The minimum Gasteiger partial charge on any atom is -0.395 e. The summed E-state index contributed by atoms with van der Waals surface area (Å²) in [6.45, 7) is 8.98. The molecule has 7 nitrogen and oxygen atoms in total. The van der Waals surface area contributed by atoms with Gasteiger partial charge in [0.25, 0.3) is 0 Å². The molecule has 2 N–H and O–H groups in total. The Morgan fingerprint density at radius 2 is 2.12 bits per heavy atom. The van der Waals surface area contributed by atoms with Crippen LogP contribution in [0.5, 0.6) is 0 Å². The van der Waals surface area contributed by atoms with Crippen molar-refractivity contribution in [3.63, 3.8) is 0 Å². The van der Waals surface area contributed by atoms with Crippen LogP contribution in [0.1, 0.15) is 26.3 Å². The highest BCUT2D eigenvalue weighted by molar-refractivity contribution is 5.74. The van der Waals surface area contributed by atoms with Crippen LogP contribution in [0.4, 0.5) is 10.6 Å². The third-order valence-electron chi connectivity index (χ3n) is 4.04. The number of nitrogens with one attached hydrogen (secondary N) is 1. The summed E-state index contributed by atoms with van der Waals surface area (Å²) in [7, 11) is 0. The Hall–Kier alpha value is -1.86. The predicted octanol–water partition coefficient (Wildman–Crippen LogP) is 1.22. The molecule has 2 atom stereocenters. The second kappa shape index (κ2) is 8.84. The smallest absolute Gasteiger partial charge is 0.317 e. The first-order chi connectivity index (χ1) is 11.5. The number of anilines is 1. The fourth-order valence-corrected chi connectivity index (χ4v) is 2.89. The summed E-state index contributed by atoms with van der Waals surface area (Å²) >= 11 is 0. The van der Waals surface area contributed by atoms with Gasteiger partial charge in [-0.3, -0.25) is 0 Å². The Balaban J connectivity index is 1.89. The number of amides is 2. The van der Waals surface area contributed by atoms with E-state index in [2.05, 4.69) is 29.0 Å². The summed E-state index contributed by atoms with van der Waals surface area (Å²) in [5.74, 6) is 0.933. The topological polar surface area (TPSA) is 77.9 Å². The first-order valence-corrected chi connectivity index (χ1v) is 8.52. The Bertz CT molecular complexity index is 513. The zero-order valence-corrected chi connectivity index (χ0v) is 14.7. The first-order valence-electron chi connectivity index (χ1n) is 8.52. The normalized spacial score (nSPS) is 20.8. The molecule has 1 aliphatic rings. The number of aliphatic hydroxyl groups excluding tert-OH is 1. The van der Waals surface area contributed by atoms with Gasteiger partial charge in [0.05, 0.1) is 18.8 Å². The lowest BCUT2D eigenvalue weighted by atomic mass is 10.2. The number of ether oxygens (including phenoxy) is 1. The second-order valence-corrected chi connectivity index (χ2v) is 6.15. The number of carbonyl (C=O) groups excluding carboxylic acids is 1. The van der Waals surface area contributed by atoms with Crippen molar-refractivity contribution in [2.45, 2.75) is 39.5 Å². The molecular formula is C17H28N4O3. The molecule has 1 saturated heterocycles. The van der Waals surface area contributed by atoms with Gasteiger partial charge in [-0.1, -0.05) is 6.07 Å². The molecule has 7 heteroatoms. The highest BCUT2D eigenvalue weighted by Crippen LogP contribution is 2.18. The summed E-state index contributed by atoms with van der Waals surface area (Å²) in [5.41, 5.74) is 0.946. The van der Waals surface area contributed by atoms with Gasteiger partial charge in [0.1, 0.15) is 5.82 Å². The van der Waals surface area contributed by atoms with Gasteiger partial charge in [0.15, 0.2) is 0 Å². The summed E-state index contributed by atoms with van der Waals surface area (Å²) in [6, 6.07) is 3.79. The molecule has 1 fully saturated rings. The van der Waals surface area contributed by atoms with Crippen LogP contribution in [0.15, 0.2) is 18.3 Å². The minimum atomic E-state index is -0.175. The van der Waals surface area contributed by atoms with Crippen molar-refractivity contribution in [3.05, 3.63) is 23.9 Å². The van der Waals surface area contributed by atoms with Gasteiger partial charge in [0, 0.05) is 38.9 Å². The summed E-state index contributed by atoms with van der Waals surface area (Å²) in [5, 5.41) is 11.8. The van der Waals surface area contributed by atoms with Gasteiger partial charge in [-0.15, -0.1) is 0 Å². The van der Waals surface area contributed by atoms with E-state index in [0.717, 1.165) is 24.5 Å². The second-order valence-electron chi connectivity index (χ2n) is 6.15. The third kappa shape index (κ3) is 5.07. The van der Waals surface area contributed by atoms with Crippen LogP contribution in [0.2, 0.25) is 0 Å². The van der Waals surface area contributed by atoms with Gasteiger partial charge in [0.2, 0.25) is 0 Å². The number of aromatic nitrogens is 1. The minimum absolute atomic E-state index is 0.0338. The number of rotatable bonds is 6. The summed E-state index contributed by atoms with van der Waals surface area (Å²) < 4.78 is 5.74. The van der Waals surface area contributed by atoms with E-state index in [-0.39, 0.29) is 24.8 Å². The highest BCUT2D eigenvalue weighted by Gasteiger charge is 2.23. The summed E-state index contributed by atoms with van der Waals surface area (Å²) in [4.78, 5) is 20.3. The zero-order chi connectivity index (χ0) is 17.5. The molecule has 2 amide bonds. The largest absolute Gasteiger partial charge is 0.395 e. The molecule has 0 radical (unpaired) electrons. The Kier molecular flexibility index (Phi) is 6.81. The maximum Gasteiger partial charge on any atom is 0.317 e. The number of pyridine rings is 1. The van der Waals surface area contributed by atoms with E-state index in [9.17, 15) is 4.79 Å². The lowest BCUT2D eigenvalue weighted by Crippen LogP contribution is -2.45. The molecule has 1 aromatic rings. The van der Waals surface area contributed by atoms with Crippen LogP contribution in [0.25, 0.3) is 0 Å². The maximum atomic E-state index is 12.0. The lowest BCUT2D eigenvalue weighted by molar-refractivity contribution is -0.00546. The van der Waals surface area contributed by atoms with E-state index in [0.29, 0.717) is 19.6 Å². The molecule has 0 saturated carbocycles. The lowest BCUT2D eigenvalue weighted by Gasteiger charge is -2.36. The van der Waals surface area contributed by atoms with Gasteiger partial charge < -0.3 is 25.0 Å². The van der Waals surface area contributed by atoms with Crippen molar-refractivity contribution >= 4 is 11.8 Å². The van der Waals surface area contributed by atoms with E-state index < -0.39 is 0 Å². The Morgan fingerprint density at radius 3 is 2.67 bits per heavy atom. The number of nitrogens with zero attached hydrogens (tertiary/aromatic N) is 3. The van der Waals surface area contributed by atoms with Crippen molar-refractivity contribution in [1.29, 1.82) is 0 Å². The van der Waals surface area contributed by atoms with Crippen LogP contribution in [0.3, 0.4) is 0 Å². The number of hydrogen-bond acceptors (Lipinski definition) is 5. The maximum absolute atomic E-state index is 12.0. The van der Waals surface area contributed by atoms with Crippen molar-refractivity contribution in [3.8, 4) is 0 Å². The van der Waals surface area contributed by atoms with E-state index in [1.807, 2.05) is 19.1 Å². The number of carbonyl (C=O) groups is 1. The fourth-order valence-electron chi connectivity index (χ4n) is 2.89. The fraction of sp³-hybridized carbons (Fsp3) is 0.647. The molecule has 1 aliphatic heterocycles. The first kappa shape index (κ1) is 18.5. The van der Waals surface area contributed by atoms with E-state index in [1.54, 1.807) is 11.1 Å². The molecule has 2 rings (SSSR count). The van der Waals surface area contributed by atoms with E-state index in [4.69, 9.17) is 9.84 Å². The molecule has 1 aromatic heterocycles. The van der Waals surface area contributed by atoms with Gasteiger partial charge >= 0.3 is 6.03 Å². The molecule has 0 aromatic carbocycles. The average Bonchev–Trinajstić information content (AvgIpc) is 2.57. The molecule has 0 bridgehead atoms. The number of urea groups is 1. The van der Waals surface area contributed by atoms with Gasteiger partial charge in [-0.05, 0) is 32.4 Å². The van der Waals surface area contributed by atoms with E-state index >= 15 is 0 Å². The third-order valence-corrected chi connectivity index (χ3v) is 4.04. The van der Waals surface area contributed by atoms with Crippen LogP contribution < -0.4 is 10.2 Å². The molecule has 24 heavy (non-hydrogen) atoms. The van der Waals surface area contributed by atoms with Crippen LogP contribution in [-0.4, -0.2) is 66.0 Å². The number of hydrogen-bond donors (Lipinski definition) is 2. The van der Waals surface area contributed by atoms with Crippen molar-refractivity contribution in [2.24, 2.45) is 0 Å². The monoisotopic (exact) mass is 336 g/mol.